The van der Waals surface area contributed by atoms with E-state index in [4.69, 9.17) is 20.9 Å². The summed E-state index contributed by atoms with van der Waals surface area (Å²) in [6.45, 7) is 1.04. The van der Waals surface area contributed by atoms with Gasteiger partial charge in [-0.05, 0) is 23.3 Å². The Morgan fingerprint density at radius 1 is 1.08 bits per heavy atom. The van der Waals surface area contributed by atoms with Crippen molar-refractivity contribution in [3.63, 3.8) is 0 Å². The fourth-order valence-electron chi connectivity index (χ4n) is 2.18. The lowest BCUT2D eigenvalue weighted by Crippen LogP contribution is -2.33. The fourth-order valence-corrected chi connectivity index (χ4v) is 2.18. The van der Waals surface area contributed by atoms with Gasteiger partial charge in [0.25, 0.3) is 0 Å². The van der Waals surface area contributed by atoms with Crippen molar-refractivity contribution in [3.05, 3.63) is 47.5 Å². The van der Waals surface area contributed by atoms with Gasteiger partial charge < -0.3 is 31.6 Å². The molecule has 1 aliphatic rings. The van der Waals surface area contributed by atoms with Crippen molar-refractivity contribution < 1.29 is 14.3 Å². The van der Waals surface area contributed by atoms with Crippen molar-refractivity contribution >= 4 is 17.4 Å². The summed E-state index contributed by atoms with van der Waals surface area (Å²) in [5.74, 6) is 1.51. The lowest BCUT2D eigenvalue weighted by atomic mass is 10.1. The second kappa shape index (κ2) is 8.07. The normalized spacial score (nSPS) is 12.0. The molecule has 0 unspecified atom stereocenters. The fraction of sp³-hybridized carbons (Fsp3) is 0.235. The molecule has 0 saturated heterocycles. The van der Waals surface area contributed by atoms with Gasteiger partial charge in [0.05, 0.1) is 19.9 Å². The van der Waals surface area contributed by atoms with E-state index >= 15 is 0 Å². The number of carbonyl (C=O) groups excluding carboxylic acids is 1. The highest BCUT2D eigenvalue weighted by Crippen LogP contribution is 2.24. The molecule has 0 saturated carbocycles. The lowest BCUT2D eigenvalue weighted by molar-refractivity contribution is 0.251. The highest BCUT2D eigenvalue weighted by atomic mass is 16.5. The lowest BCUT2D eigenvalue weighted by Gasteiger charge is -2.18. The number of benzene rings is 2. The minimum atomic E-state index is -0.166. The first-order chi connectivity index (χ1) is 11.6. The van der Waals surface area contributed by atoms with E-state index in [-0.39, 0.29) is 6.03 Å². The third-order valence-electron chi connectivity index (χ3n) is 3.58. The number of nitrogens with two attached hydrogens (primary N) is 2. The molecule has 0 bridgehead atoms. The van der Waals surface area contributed by atoms with Crippen LogP contribution >= 0.6 is 0 Å². The number of amides is 2. The molecule has 0 atom stereocenters. The molecule has 1 aliphatic heterocycles. The highest BCUT2D eigenvalue weighted by molar-refractivity contribution is 5.92. The van der Waals surface area contributed by atoms with Crippen molar-refractivity contribution in [2.75, 3.05) is 25.3 Å². The Balaban J connectivity index is 0.000000177. The Labute approximate surface area is 140 Å². The molecule has 0 aliphatic carbocycles. The van der Waals surface area contributed by atoms with Crippen LogP contribution in [-0.2, 0) is 13.1 Å². The smallest absolute Gasteiger partial charge is 0.319 e. The maximum absolute atomic E-state index is 11.0. The van der Waals surface area contributed by atoms with E-state index in [2.05, 4.69) is 10.6 Å². The minimum absolute atomic E-state index is 0.166. The van der Waals surface area contributed by atoms with E-state index in [0.717, 1.165) is 28.3 Å². The van der Waals surface area contributed by atoms with Crippen molar-refractivity contribution in [2.24, 2.45) is 5.73 Å². The van der Waals surface area contributed by atoms with Crippen LogP contribution in [0.1, 0.15) is 11.1 Å². The molecule has 2 aromatic rings. The van der Waals surface area contributed by atoms with Gasteiger partial charge in [-0.25, -0.2) is 4.79 Å². The van der Waals surface area contributed by atoms with Crippen LogP contribution in [0.3, 0.4) is 0 Å². The van der Waals surface area contributed by atoms with Crippen LogP contribution in [-0.4, -0.2) is 20.3 Å². The average molecular weight is 330 g/mol. The molecule has 0 fully saturated rings. The SMILES string of the molecule is COc1ccc(CN)c(N)c1.COc1ccc2c(c1)NC(=O)NC2. The third-order valence-corrected chi connectivity index (χ3v) is 3.58. The van der Waals surface area contributed by atoms with Gasteiger partial charge in [0.2, 0.25) is 0 Å². The zero-order valence-electron chi connectivity index (χ0n) is 13.8. The maximum Gasteiger partial charge on any atom is 0.319 e. The number of hydrogen-bond donors (Lipinski definition) is 4. The first kappa shape index (κ1) is 17.4. The average Bonchev–Trinajstić information content (AvgIpc) is 2.61. The van der Waals surface area contributed by atoms with Gasteiger partial charge in [-0.15, -0.1) is 0 Å². The van der Waals surface area contributed by atoms with Gasteiger partial charge in [-0.2, -0.15) is 0 Å². The third kappa shape index (κ3) is 4.30. The molecule has 1 heterocycles. The molecule has 0 spiro atoms. The molecule has 0 radical (unpaired) electrons. The molecular weight excluding hydrogens is 308 g/mol. The zero-order chi connectivity index (χ0) is 17.5. The number of nitrogen functional groups attached to an aromatic ring is 1. The minimum Gasteiger partial charge on any atom is -0.497 e. The second-order valence-electron chi connectivity index (χ2n) is 5.10. The van der Waals surface area contributed by atoms with E-state index in [1.54, 1.807) is 20.3 Å². The number of ether oxygens (including phenoxy) is 2. The van der Waals surface area contributed by atoms with Crippen molar-refractivity contribution in [2.45, 2.75) is 13.1 Å². The van der Waals surface area contributed by atoms with Crippen molar-refractivity contribution in [1.82, 2.24) is 5.32 Å². The largest absolute Gasteiger partial charge is 0.497 e. The molecule has 7 heteroatoms. The number of urea groups is 1. The van der Waals surface area contributed by atoms with Gasteiger partial charge in [-0.3, -0.25) is 0 Å². The number of hydrogen-bond acceptors (Lipinski definition) is 5. The molecule has 3 rings (SSSR count). The van der Waals surface area contributed by atoms with Gasteiger partial charge in [-0.1, -0.05) is 12.1 Å². The van der Waals surface area contributed by atoms with Gasteiger partial charge in [0.1, 0.15) is 11.5 Å². The Bertz CT molecular complexity index is 719. The van der Waals surface area contributed by atoms with Crippen molar-refractivity contribution in [1.29, 1.82) is 0 Å². The van der Waals surface area contributed by atoms with Crippen LogP contribution in [0.2, 0.25) is 0 Å². The number of rotatable bonds is 3. The van der Waals surface area contributed by atoms with E-state index in [1.807, 2.05) is 30.3 Å². The summed E-state index contributed by atoms with van der Waals surface area (Å²) < 4.78 is 10.0. The van der Waals surface area contributed by atoms with E-state index < -0.39 is 0 Å². The monoisotopic (exact) mass is 330 g/mol. The molecule has 2 amide bonds. The van der Waals surface area contributed by atoms with E-state index in [9.17, 15) is 4.79 Å². The predicted molar refractivity (Wildman–Crippen MR) is 94.2 cm³/mol. The van der Waals surface area contributed by atoms with Crippen LogP contribution < -0.4 is 31.6 Å². The van der Waals surface area contributed by atoms with Gasteiger partial charge in [0.15, 0.2) is 0 Å². The summed E-state index contributed by atoms with van der Waals surface area (Å²) in [5, 5.41) is 5.39. The number of anilines is 2. The van der Waals surface area contributed by atoms with E-state index in [1.165, 1.54) is 0 Å². The first-order valence-electron chi connectivity index (χ1n) is 7.41. The molecule has 128 valence electrons. The number of carbonyl (C=O) groups is 1. The molecule has 24 heavy (non-hydrogen) atoms. The Hall–Kier alpha value is -2.93. The maximum atomic E-state index is 11.0. The Morgan fingerprint density at radius 2 is 1.75 bits per heavy atom. The zero-order valence-corrected chi connectivity index (χ0v) is 13.8. The molecule has 0 aromatic heterocycles. The summed E-state index contributed by atoms with van der Waals surface area (Å²) >= 11 is 0. The molecule has 6 N–H and O–H groups in total. The molecule has 7 nitrogen and oxygen atoms in total. The topological polar surface area (TPSA) is 112 Å². The first-order valence-corrected chi connectivity index (χ1v) is 7.41. The number of fused-ring (bicyclic) bond motifs is 1. The number of methoxy groups -OCH3 is 2. The quantitative estimate of drug-likeness (QED) is 0.644. The van der Waals surface area contributed by atoms with Gasteiger partial charge in [0, 0.05) is 30.9 Å². The van der Waals surface area contributed by atoms with Crippen LogP contribution in [0.15, 0.2) is 36.4 Å². The summed E-state index contributed by atoms with van der Waals surface area (Å²) in [7, 11) is 3.21. The Kier molecular flexibility index (Phi) is 5.86. The number of nitrogens with one attached hydrogen (secondary N) is 2. The standard InChI is InChI=1S/C9H10N2O2.C8H12N2O/c1-13-7-3-2-6-5-10-9(12)11-8(6)4-7;1-11-7-3-2-6(5-9)8(10)4-7/h2-4H,5H2,1H3,(H2,10,11,12);2-4H,5,9-10H2,1H3. The van der Waals surface area contributed by atoms with E-state index in [0.29, 0.717) is 18.8 Å². The Morgan fingerprint density at radius 3 is 2.38 bits per heavy atom. The molecule has 2 aromatic carbocycles. The summed E-state index contributed by atoms with van der Waals surface area (Å²) in [4.78, 5) is 11.0. The summed E-state index contributed by atoms with van der Waals surface area (Å²) in [6, 6.07) is 10.9. The van der Waals surface area contributed by atoms with Crippen LogP contribution in [0, 0.1) is 0 Å². The van der Waals surface area contributed by atoms with Crippen molar-refractivity contribution in [3.8, 4) is 11.5 Å². The summed E-state index contributed by atoms with van der Waals surface area (Å²) in [6.07, 6.45) is 0. The highest BCUT2D eigenvalue weighted by Gasteiger charge is 2.13. The van der Waals surface area contributed by atoms with Crippen LogP contribution in [0.25, 0.3) is 0 Å². The second-order valence-corrected chi connectivity index (χ2v) is 5.10. The van der Waals surface area contributed by atoms with Crippen LogP contribution in [0.5, 0.6) is 11.5 Å². The molecular formula is C17H22N4O3. The van der Waals surface area contributed by atoms with Crippen LogP contribution in [0.4, 0.5) is 16.2 Å². The predicted octanol–water partition coefficient (Wildman–Crippen LogP) is 2.07. The summed E-state index contributed by atoms with van der Waals surface area (Å²) in [5.41, 5.74) is 14.6. The van der Waals surface area contributed by atoms with Gasteiger partial charge >= 0.3 is 6.03 Å².